The molecule has 1 atom stereocenters. The van der Waals surface area contributed by atoms with Gasteiger partial charge in [-0.1, -0.05) is 30.3 Å². The molecule has 0 bridgehead atoms. The van der Waals surface area contributed by atoms with Crippen LogP contribution >= 0.6 is 0 Å². The number of aryl methyl sites for hydroxylation is 1. The van der Waals surface area contributed by atoms with Gasteiger partial charge in [0.15, 0.2) is 5.58 Å². The molecular weight excluding hydrogens is 356 g/mol. The van der Waals surface area contributed by atoms with E-state index in [2.05, 4.69) is 34.5 Å². The molecule has 0 unspecified atom stereocenters. The van der Waals surface area contributed by atoms with Crippen LogP contribution in [0.15, 0.2) is 57.7 Å². The van der Waals surface area contributed by atoms with Crippen LogP contribution in [0.2, 0.25) is 0 Å². The molecule has 1 fully saturated rings. The van der Waals surface area contributed by atoms with E-state index in [0.717, 1.165) is 26.1 Å². The number of oxazole rings is 1. The number of aromatic nitrogens is 1. The van der Waals surface area contributed by atoms with Gasteiger partial charge in [-0.3, -0.25) is 9.47 Å². The minimum Gasteiger partial charge on any atom is -0.408 e. The lowest BCUT2D eigenvalue weighted by Crippen LogP contribution is -2.41. The Kier molecular flexibility index (Phi) is 4.92. The van der Waals surface area contributed by atoms with Gasteiger partial charge in [-0.2, -0.15) is 0 Å². The number of fused-ring (bicyclic) bond motifs is 1. The van der Waals surface area contributed by atoms with E-state index in [1.165, 1.54) is 10.1 Å². The highest BCUT2D eigenvalue weighted by molar-refractivity contribution is 5.91. The molecule has 2 amide bonds. The molecule has 28 heavy (non-hydrogen) atoms. The zero-order valence-electron chi connectivity index (χ0n) is 16.1. The number of urea groups is 1. The molecule has 4 rings (SSSR count). The zero-order chi connectivity index (χ0) is 19.7. The van der Waals surface area contributed by atoms with Crippen molar-refractivity contribution in [2.75, 3.05) is 25.5 Å². The maximum absolute atomic E-state index is 12.7. The predicted octanol–water partition coefficient (Wildman–Crippen LogP) is 2.87. The van der Waals surface area contributed by atoms with Gasteiger partial charge in [-0.25, -0.2) is 9.59 Å². The van der Waals surface area contributed by atoms with Crippen LogP contribution in [0.3, 0.4) is 0 Å². The van der Waals surface area contributed by atoms with Crippen molar-refractivity contribution in [2.24, 2.45) is 7.05 Å². The number of benzene rings is 2. The summed E-state index contributed by atoms with van der Waals surface area (Å²) in [4.78, 5) is 28.4. The first-order chi connectivity index (χ1) is 13.5. The average molecular weight is 380 g/mol. The molecule has 1 N–H and O–H groups in total. The number of amides is 2. The summed E-state index contributed by atoms with van der Waals surface area (Å²) in [5.41, 5.74) is 3.08. The molecule has 7 nitrogen and oxygen atoms in total. The summed E-state index contributed by atoms with van der Waals surface area (Å²) < 4.78 is 6.55. The second kappa shape index (κ2) is 7.52. The first-order valence-corrected chi connectivity index (χ1v) is 9.41. The summed E-state index contributed by atoms with van der Waals surface area (Å²) >= 11 is 0. The minimum atomic E-state index is -0.417. The molecule has 0 aliphatic carbocycles. The van der Waals surface area contributed by atoms with E-state index >= 15 is 0 Å². The van der Waals surface area contributed by atoms with E-state index in [1.54, 1.807) is 30.1 Å². The number of anilines is 1. The van der Waals surface area contributed by atoms with E-state index in [0.29, 0.717) is 16.8 Å². The Morgan fingerprint density at radius 3 is 2.82 bits per heavy atom. The molecule has 1 aliphatic heterocycles. The highest BCUT2D eigenvalue weighted by Crippen LogP contribution is 2.20. The molecule has 2 heterocycles. The van der Waals surface area contributed by atoms with Gasteiger partial charge in [0.25, 0.3) is 0 Å². The van der Waals surface area contributed by atoms with Gasteiger partial charge >= 0.3 is 11.8 Å². The van der Waals surface area contributed by atoms with E-state index in [4.69, 9.17) is 4.42 Å². The number of carbonyl (C=O) groups excluding carboxylic acids is 1. The fourth-order valence-electron chi connectivity index (χ4n) is 3.70. The molecule has 1 aromatic heterocycles. The van der Waals surface area contributed by atoms with Gasteiger partial charge in [0.2, 0.25) is 0 Å². The van der Waals surface area contributed by atoms with Gasteiger partial charge in [-0.05, 0) is 30.2 Å². The number of rotatable bonds is 4. The fraction of sp³-hybridized carbons (Fsp3) is 0.333. The Bertz CT molecular complexity index is 1040. The molecule has 3 aromatic rings. The predicted molar refractivity (Wildman–Crippen MR) is 108 cm³/mol. The standard InChI is InChI=1S/C21H24N4O3/c1-23(17-10-11-25(14-17)13-15-6-4-3-5-7-15)20(26)22-16-8-9-19-18(12-16)24(2)21(27)28-19/h3-9,12,17H,10-11,13-14H2,1-2H3,(H,22,26)/t17-/m0/s1. The van der Waals surface area contributed by atoms with E-state index < -0.39 is 5.76 Å². The lowest BCUT2D eigenvalue weighted by Gasteiger charge is -2.25. The number of likely N-dealkylation sites (tertiary alicyclic amines) is 1. The van der Waals surface area contributed by atoms with Gasteiger partial charge in [-0.15, -0.1) is 0 Å². The third-order valence-corrected chi connectivity index (χ3v) is 5.41. The van der Waals surface area contributed by atoms with Gasteiger partial charge in [0.1, 0.15) is 0 Å². The highest BCUT2D eigenvalue weighted by Gasteiger charge is 2.28. The van der Waals surface area contributed by atoms with Crippen LogP contribution in [0, 0.1) is 0 Å². The van der Waals surface area contributed by atoms with Crippen molar-refractivity contribution < 1.29 is 9.21 Å². The van der Waals surface area contributed by atoms with Crippen molar-refractivity contribution >= 4 is 22.8 Å². The number of hydrogen-bond donors (Lipinski definition) is 1. The SMILES string of the molecule is CN(C(=O)Nc1ccc2oc(=O)n(C)c2c1)[C@H]1CCN(Cc2ccccc2)C1. The van der Waals surface area contributed by atoms with Crippen LogP contribution in [0.1, 0.15) is 12.0 Å². The smallest absolute Gasteiger partial charge is 0.408 e. The number of nitrogens with zero attached hydrogens (tertiary/aromatic N) is 3. The lowest BCUT2D eigenvalue weighted by atomic mass is 10.2. The molecule has 2 aromatic carbocycles. The topological polar surface area (TPSA) is 70.7 Å². The summed E-state index contributed by atoms with van der Waals surface area (Å²) in [5.74, 6) is -0.417. The van der Waals surface area contributed by atoms with Crippen LogP contribution in [0.4, 0.5) is 10.5 Å². The van der Waals surface area contributed by atoms with E-state index in [1.807, 2.05) is 13.1 Å². The van der Waals surface area contributed by atoms with Crippen LogP contribution < -0.4 is 11.1 Å². The summed E-state index contributed by atoms with van der Waals surface area (Å²) in [6.45, 7) is 2.73. The molecule has 1 aliphatic rings. The van der Waals surface area contributed by atoms with E-state index in [9.17, 15) is 9.59 Å². The largest absolute Gasteiger partial charge is 0.419 e. The molecule has 146 valence electrons. The van der Waals surface area contributed by atoms with Crippen LogP contribution in [0.25, 0.3) is 11.1 Å². The maximum Gasteiger partial charge on any atom is 0.419 e. The third kappa shape index (κ3) is 3.66. The van der Waals surface area contributed by atoms with Crippen molar-refractivity contribution in [1.29, 1.82) is 0 Å². The summed E-state index contributed by atoms with van der Waals surface area (Å²) in [5, 5.41) is 2.92. The van der Waals surface area contributed by atoms with Crippen molar-refractivity contribution in [1.82, 2.24) is 14.4 Å². The maximum atomic E-state index is 12.7. The lowest BCUT2D eigenvalue weighted by molar-refractivity contribution is 0.201. The molecule has 0 saturated carbocycles. The van der Waals surface area contributed by atoms with Gasteiger partial charge in [0.05, 0.1) is 5.52 Å². The van der Waals surface area contributed by atoms with Crippen molar-refractivity contribution in [3.63, 3.8) is 0 Å². The zero-order valence-corrected chi connectivity index (χ0v) is 16.1. The third-order valence-electron chi connectivity index (χ3n) is 5.41. The Hall–Kier alpha value is -3.06. The normalized spacial score (nSPS) is 17.1. The Morgan fingerprint density at radius 1 is 1.25 bits per heavy atom. The molecule has 1 saturated heterocycles. The second-order valence-electron chi connectivity index (χ2n) is 7.31. The Labute approximate surface area is 163 Å². The molecular formula is C21H24N4O3. The van der Waals surface area contributed by atoms with Crippen LogP contribution in [-0.2, 0) is 13.6 Å². The second-order valence-corrected chi connectivity index (χ2v) is 7.31. The van der Waals surface area contributed by atoms with Crippen molar-refractivity contribution in [3.05, 3.63) is 64.6 Å². The van der Waals surface area contributed by atoms with Crippen LogP contribution in [0.5, 0.6) is 0 Å². The minimum absolute atomic E-state index is 0.153. The Morgan fingerprint density at radius 2 is 2.04 bits per heavy atom. The van der Waals surface area contributed by atoms with Gasteiger partial charge < -0.3 is 14.6 Å². The summed E-state index contributed by atoms with van der Waals surface area (Å²) in [6.07, 6.45) is 0.950. The highest BCUT2D eigenvalue weighted by atomic mass is 16.4. The molecule has 0 radical (unpaired) electrons. The van der Waals surface area contributed by atoms with Crippen molar-refractivity contribution in [2.45, 2.75) is 19.0 Å². The first-order valence-electron chi connectivity index (χ1n) is 9.41. The summed E-state index contributed by atoms with van der Waals surface area (Å²) in [6, 6.07) is 15.6. The number of likely N-dealkylation sites (N-methyl/N-ethyl adjacent to an activating group) is 1. The molecule has 7 heteroatoms. The monoisotopic (exact) mass is 380 g/mol. The first kappa shape index (κ1) is 18.3. The number of hydrogen-bond acceptors (Lipinski definition) is 4. The van der Waals surface area contributed by atoms with Crippen LogP contribution in [-0.4, -0.2) is 46.6 Å². The van der Waals surface area contributed by atoms with Crippen molar-refractivity contribution in [3.8, 4) is 0 Å². The van der Waals surface area contributed by atoms with E-state index in [-0.39, 0.29) is 12.1 Å². The quantitative estimate of drug-likeness (QED) is 0.756. The average Bonchev–Trinajstić information content (AvgIpc) is 3.27. The number of carbonyl (C=O) groups is 1. The molecule has 0 spiro atoms. The number of nitrogens with one attached hydrogen (secondary N) is 1. The van der Waals surface area contributed by atoms with Gasteiger partial charge in [0, 0.05) is 45.5 Å². The Balaban J connectivity index is 1.38. The fourth-order valence-corrected chi connectivity index (χ4v) is 3.70. The summed E-state index contributed by atoms with van der Waals surface area (Å²) in [7, 11) is 3.48.